The molecule has 1 aromatic rings. The monoisotopic (exact) mass is 267 g/mol. The van der Waals surface area contributed by atoms with Crippen LogP contribution in [0.15, 0.2) is 18.2 Å². The lowest BCUT2D eigenvalue weighted by Gasteiger charge is -2.21. The summed E-state index contributed by atoms with van der Waals surface area (Å²) in [7, 11) is 0. The molecular formula is C13H17NO3S. The molecule has 18 heavy (non-hydrogen) atoms. The van der Waals surface area contributed by atoms with Crippen molar-refractivity contribution in [3.8, 4) is 11.5 Å². The molecule has 1 amide bonds. The van der Waals surface area contributed by atoms with Gasteiger partial charge >= 0.3 is 0 Å². The van der Waals surface area contributed by atoms with Crippen molar-refractivity contribution in [2.45, 2.75) is 24.5 Å². The molecule has 1 saturated heterocycles. The van der Waals surface area contributed by atoms with Crippen LogP contribution in [0.25, 0.3) is 0 Å². The van der Waals surface area contributed by atoms with Crippen molar-refractivity contribution < 1.29 is 15.0 Å². The topological polar surface area (TPSA) is 69.6 Å². The van der Waals surface area contributed by atoms with Crippen LogP contribution in [0.4, 0.5) is 0 Å². The minimum absolute atomic E-state index is 0.0492. The highest BCUT2D eigenvalue weighted by atomic mass is 32.2. The number of carbonyl (C=O) groups is 1. The largest absolute Gasteiger partial charge is 0.508 e. The van der Waals surface area contributed by atoms with Gasteiger partial charge < -0.3 is 15.5 Å². The summed E-state index contributed by atoms with van der Waals surface area (Å²) in [5.41, 5.74) is 0.202. The van der Waals surface area contributed by atoms with E-state index in [1.807, 2.05) is 11.8 Å². The van der Waals surface area contributed by atoms with E-state index >= 15 is 0 Å². The summed E-state index contributed by atoms with van der Waals surface area (Å²) in [5.74, 6) is 0.625. The van der Waals surface area contributed by atoms with Crippen LogP contribution in [0, 0.1) is 0 Å². The van der Waals surface area contributed by atoms with Gasteiger partial charge in [0.25, 0.3) is 5.91 Å². The molecule has 0 spiro atoms. The molecule has 1 aliphatic heterocycles. The summed E-state index contributed by atoms with van der Waals surface area (Å²) in [6.45, 7) is 0.629. The van der Waals surface area contributed by atoms with Gasteiger partial charge in [0.15, 0.2) is 0 Å². The number of amides is 1. The van der Waals surface area contributed by atoms with Gasteiger partial charge in [0.1, 0.15) is 11.5 Å². The molecule has 5 heteroatoms. The fraction of sp³-hybridized carbons (Fsp3) is 0.462. The number of phenolic OH excluding ortho intramolecular Hbond substituents is 2. The maximum absolute atomic E-state index is 11.9. The van der Waals surface area contributed by atoms with Crippen LogP contribution in [0.5, 0.6) is 11.5 Å². The Morgan fingerprint density at radius 2 is 2.22 bits per heavy atom. The molecule has 98 valence electrons. The first kappa shape index (κ1) is 13.1. The van der Waals surface area contributed by atoms with Gasteiger partial charge in [0.2, 0.25) is 0 Å². The Morgan fingerprint density at radius 3 is 2.89 bits per heavy atom. The number of thioether (sulfide) groups is 1. The van der Waals surface area contributed by atoms with Crippen molar-refractivity contribution in [2.75, 3.05) is 12.3 Å². The fourth-order valence-corrected chi connectivity index (χ4v) is 3.22. The molecule has 1 unspecified atom stereocenters. The van der Waals surface area contributed by atoms with Crippen molar-refractivity contribution in [2.24, 2.45) is 0 Å². The highest BCUT2D eigenvalue weighted by Crippen LogP contribution is 2.25. The Labute approximate surface area is 110 Å². The predicted molar refractivity (Wildman–Crippen MR) is 72.2 cm³/mol. The zero-order valence-corrected chi connectivity index (χ0v) is 10.9. The van der Waals surface area contributed by atoms with Crippen LogP contribution in [-0.4, -0.2) is 33.7 Å². The molecule has 4 nitrogen and oxygen atoms in total. The molecule has 1 fully saturated rings. The molecule has 1 aliphatic rings. The summed E-state index contributed by atoms with van der Waals surface area (Å²) >= 11 is 1.89. The van der Waals surface area contributed by atoms with Gasteiger partial charge in [-0.25, -0.2) is 0 Å². The van der Waals surface area contributed by atoms with Crippen LogP contribution >= 0.6 is 11.8 Å². The van der Waals surface area contributed by atoms with Crippen molar-refractivity contribution in [1.29, 1.82) is 0 Å². The van der Waals surface area contributed by atoms with Gasteiger partial charge in [0.05, 0.1) is 5.56 Å². The Morgan fingerprint density at radius 1 is 1.39 bits per heavy atom. The Kier molecular flexibility index (Phi) is 4.36. The molecule has 0 bridgehead atoms. The average Bonchev–Trinajstić information content (AvgIpc) is 2.37. The third-order valence-corrected chi connectivity index (χ3v) is 4.39. The summed E-state index contributed by atoms with van der Waals surface area (Å²) in [4.78, 5) is 11.9. The molecule has 2 rings (SSSR count). The van der Waals surface area contributed by atoms with Crippen molar-refractivity contribution in [3.63, 3.8) is 0 Å². The van der Waals surface area contributed by atoms with Gasteiger partial charge in [-0.3, -0.25) is 4.79 Å². The van der Waals surface area contributed by atoms with E-state index in [-0.39, 0.29) is 23.0 Å². The molecule has 0 saturated carbocycles. The van der Waals surface area contributed by atoms with Gasteiger partial charge in [-0.05, 0) is 30.7 Å². The summed E-state index contributed by atoms with van der Waals surface area (Å²) < 4.78 is 0. The quantitative estimate of drug-likeness (QED) is 0.784. The van der Waals surface area contributed by atoms with Crippen LogP contribution < -0.4 is 5.32 Å². The first-order valence-electron chi connectivity index (χ1n) is 6.08. The van der Waals surface area contributed by atoms with E-state index in [9.17, 15) is 9.90 Å². The van der Waals surface area contributed by atoms with Gasteiger partial charge in [-0.1, -0.05) is 6.42 Å². The Bertz CT molecular complexity index is 430. The third kappa shape index (κ3) is 3.32. The van der Waals surface area contributed by atoms with Gasteiger partial charge in [0, 0.05) is 17.9 Å². The lowest BCUT2D eigenvalue weighted by atomic mass is 10.1. The first-order valence-corrected chi connectivity index (χ1v) is 7.13. The number of phenols is 2. The second kappa shape index (κ2) is 6.00. The van der Waals surface area contributed by atoms with E-state index in [0.29, 0.717) is 11.8 Å². The summed E-state index contributed by atoms with van der Waals surface area (Å²) in [6, 6.07) is 3.99. The Hall–Kier alpha value is -1.36. The van der Waals surface area contributed by atoms with E-state index in [0.717, 1.165) is 12.2 Å². The molecule has 3 N–H and O–H groups in total. The number of aromatic hydroxyl groups is 2. The number of rotatable bonds is 3. The molecule has 1 aromatic carbocycles. The molecule has 0 aromatic heterocycles. The van der Waals surface area contributed by atoms with Crippen molar-refractivity contribution in [1.82, 2.24) is 5.32 Å². The van der Waals surface area contributed by atoms with Crippen LogP contribution in [0.1, 0.15) is 29.6 Å². The smallest absolute Gasteiger partial charge is 0.255 e. The van der Waals surface area contributed by atoms with E-state index < -0.39 is 0 Å². The van der Waals surface area contributed by atoms with Gasteiger partial charge in [-0.2, -0.15) is 11.8 Å². The predicted octanol–water partition coefficient (Wildman–Crippen LogP) is 2.11. The number of hydrogen-bond acceptors (Lipinski definition) is 4. The van der Waals surface area contributed by atoms with E-state index in [4.69, 9.17) is 5.11 Å². The Balaban J connectivity index is 1.90. The highest BCUT2D eigenvalue weighted by molar-refractivity contribution is 7.99. The molecule has 1 heterocycles. The fourth-order valence-electron chi connectivity index (χ4n) is 1.98. The summed E-state index contributed by atoms with van der Waals surface area (Å²) in [5, 5.41) is 22.0. The zero-order valence-electron chi connectivity index (χ0n) is 10.1. The maximum atomic E-state index is 11.9. The minimum atomic E-state index is -0.293. The highest BCUT2D eigenvalue weighted by Gasteiger charge is 2.16. The van der Waals surface area contributed by atoms with Crippen molar-refractivity contribution in [3.05, 3.63) is 23.8 Å². The molecule has 0 aliphatic carbocycles. The lowest BCUT2D eigenvalue weighted by Crippen LogP contribution is -2.31. The van der Waals surface area contributed by atoms with E-state index in [1.54, 1.807) is 0 Å². The van der Waals surface area contributed by atoms with Crippen LogP contribution in [0.2, 0.25) is 0 Å². The number of benzene rings is 1. The number of hydrogen-bond donors (Lipinski definition) is 3. The van der Waals surface area contributed by atoms with Crippen molar-refractivity contribution >= 4 is 17.7 Å². The minimum Gasteiger partial charge on any atom is -0.508 e. The number of nitrogens with one attached hydrogen (secondary N) is 1. The van der Waals surface area contributed by atoms with Crippen LogP contribution in [-0.2, 0) is 0 Å². The lowest BCUT2D eigenvalue weighted by molar-refractivity contribution is 0.0950. The normalized spacial score (nSPS) is 19.4. The number of carbonyl (C=O) groups excluding carboxylic acids is 1. The SMILES string of the molecule is O=C(NCC1CCCCS1)c1ccc(O)cc1O. The second-order valence-corrected chi connectivity index (χ2v) is 5.81. The standard InChI is InChI=1S/C13H17NO3S/c15-9-4-5-11(12(16)7-9)13(17)14-8-10-3-1-2-6-18-10/h4-5,7,10,15-16H,1-3,6,8H2,(H,14,17). The average molecular weight is 267 g/mol. The van der Waals surface area contributed by atoms with E-state index in [2.05, 4.69) is 5.32 Å². The third-order valence-electron chi connectivity index (χ3n) is 2.99. The molecule has 1 atom stereocenters. The van der Waals surface area contributed by atoms with Gasteiger partial charge in [-0.15, -0.1) is 0 Å². The van der Waals surface area contributed by atoms with E-state index in [1.165, 1.54) is 31.0 Å². The molecular weight excluding hydrogens is 250 g/mol. The second-order valence-electron chi connectivity index (χ2n) is 4.40. The maximum Gasteiger partial charge on any atom is 0.255 e. The summed E-state index contributed by atoms with van der Waals surface area (Å²) in [6.07, 6.45) is 3.61. The molecule has 0 radical (unpaired) electrons. The first-order chi connectivity index (χ1) is 8.66. The van der Waals surface area contributed by atoms with Crippen LogP contribution in [0.3, 0.4) is 0 Å². The zero-order chi connectivity index (χ0) is 13.0.